The number of hydrogen-bond acceptors (Lipinski definition) is 5. The fraction of sp³-hybridized carbons (Fsp3) is 0.250. The molecule has 0 saturated carbocycles. The Hall–Kier alpha value is -3.16. The van der Waals surface area contributed by atoms with Gasteiger partial charge in [-0.3, -0.25) is 4.79 Å². The maximum atomic E-state index is 13.2. The molecule has 1 atom stereocenters. The number of nitrogens with zero attached hydrogens (tertiary/aromatic N) is 2. The van der Waals surface area contributed by atoms with Crippen molar-refractivity contribution in [3.05, 3.63) is 81.0 Å². The van der Waals surface area contributed by atoms with Gasteiger partial charge in [0.1, 0.15) is 23.7 Å². The maximum absolute atomic E-state index is 13.2. The van der Waals surface area contributed by atoms with Gasteiger partial charge in [-0.25, -0.2) is 9.66 Å². The van der Waals surface area contributed by atoms with E-state index in [9.17, 15) is 4.79 Å². The van der Waals surface area contributed by atoms with E-state index < -0.39 is 0 Å². The van der Waals surface area contributed by atoms with Crippen LogP contribution in [0.4, 0.5) is 0 Å². The third-order valence-electron chi connectivity index (χ3n) is 5.80. The Bertz CT molecular complexity index is 1280. The van der Waals surface area contributed by atoms with Crippen molar-refractivity contribution in [1.82, 2.24) is 9.66 Å². The third kappa shape index (κ3) is 3.71. The Balaban J connectivity index is 1.49. The fourth-order valence-corrected chi connectivity index (χ4v) is 5.58. The van der Waals surface area contributed by atoms with Gasteiger partial charge in [-0.1, -0.05) is 30.3 Å². The van der Waals surface area contributed by atoms with Gasteiger partial charge in [0.05, 0.1) is 23.4 Å². The van der Waals surface area contributed by atoms with Crippen LogP contribution < -0.4 is 21.0 Å². The van der Waals surface area contributed by atoms with Crippen LogP contribution in [0.25, 0.3) is 21.6 Å². The molecule has 31 heavy (non-hydrogen) atoms. The highest BCUT2D eigenvalue weighted by molar-refractivity contribution is 7.18. The van der Waals surface area contributed by atoms with Gasteiger partial charge >= 0.3 is 0 Å². The van der Waals surface area contributed by atoms with Crippen LogP contribution in [0.3, 0.4) is 0 Å². The van der Waals surface area contributed by atoms with Crippen LogP contribution in [0.1, 0.15) is 22.9 Å². The molecule has 0 bridgehead atoms. The van der Waals surface area contributed by atoms with Crippen molar-refractivity contribution in [2.45, 2.75) is 26.4 Å². The summed E-state index contributed by atoms with van der Waals surface area (Å²) in [5.41, 5.74) is 3.10. The van der Waals surface area contributed by atoms with Crippen molar-refractivity contribution in [2.24, 2.45) is 0 Å². The first-order chi connectivity index (χ1) is 15.1. The summed E-state index contributed by atoms with van der Waals surface area (Å²) in [6, 6.07) is 18.1. The molecule has 3 N–H and O–H groups in total. The fourth-order valence-electron chi connectivity index (χ4n) is 4.29. The molecule has 1 aliphatic heterocycles. The number of nitrogens with two attached hydrogens (primary N) is 1. The van der Waals surface area contributed by atoms with Crippen LogP contribution in [0, 0.1) is 0 Å². The molecule has 5 rings (SSSR count). The van der Waals surface area contributed by atoms with Gasteiger partial charge in [0.15, 0.2) is 5.82 Å². The largest absolute Gasteiger partial charge is 0.494 e. The summed E-state index contributed by atoms with van der Waals surface area (Å²) in [6.45, 7) is 5.45. The number of hydrogen-bond donors (Lipinski definition) is 2. The maximum Gasteiger partial charge on any atom is 0.281 e. The second-order valence-electron chi connectivity index (χ2n) is 7.84. The minimum Gasteiger partial charge on any atom is -0.494 e. The van der Waals surface area contributed by atoms with Crippen molar-refractivity contribution in [1.29, 1.82) is 0 Å². The molecule has 0 fully saturated rings. The zero-order valence-corrected chi connectivity index (χ0v) is 18.2. The van der Waals surface area contributed by atoms with Crippen molar-refractivity contribution < 1.29 is 9.64 Å². The summed E-state index contributed by atoms with van der Waals surface area (Å²) >= 11 is 1.63. The zero-order valence-electron chi connectivity index (χ0n) is 17.4. The van der Waals surface area contributed by atoms with Crippen molar-refractivity contribution >= 4 is 21.6 Å². The summed E-state index contributed by atoms with van der Waals surface area (Å²) < 4.78 is 6.70. The van der Waals surface area contributed by atoms with Crippen LogP contribution >= 0.6 is 11.3 Å². The van der Waals surface area contributed by atoms with Crippen LogP contribution in [-0.4, -0.2) is 22.8 Å². The quantitative estimate of drug-likeness (QED) is 0.474. The number of benzene rings is 2. The average Bonchev–Trinajstić information content (AvgIpc) is 3.15. The van der Waals surface area contributed by atoms with Crippen molar-refractivity contribution in [2.75, 3.05) is 19.0 Å². The molecule has 7 heteroatoms. The molecular formula is C24H25N4O2S+. The van der Waals surface area contributed by atoms with Crippen molar-refractivity contribution in [3.8, 4) is 17.1 Å². The second kappa shape index (κ2) is 8.17. The molecule has 2 aromatic heterocycles. The number of quaternary nitrogens is 1. The first-order valence-corrected chi connectivity index (χ1v) is 11.4. The van der Waals surface area contributed by atoms with Gasteiger partial charge in [-0.2, -0.15) is 0 Å². The molecule has 0 spiro atoms. The third-order valence-corrected chi connectivity index (χ3v) is 6.93. The molecule has 4 aromatic rings. The van der Waals surface area contributed by atoms with Gasteiger partial charge in [0.25, 0.3) is 5.56 Å². The average molecular weight is 434 g/mol. The molecule has 2 aromatic carbocycles. The van der Waals surface area contributed by atoms with E-state index in [0.29, 0.717) is 17.8 Å². The lowest BCUT2D eigenvalue weighted by Crippen LogP contribution is -3.10. The lowest BCUT2D eigenvalue weighted by Gasteiger charge is -2.23. The highest BCUT2D eigenvalue weighted by Gasteiger charge is 2.27. The summed E-state index contributed by atoms with van der Waals surface area (Å²) in [6.07, 6.45) is 0.872. The Kier molecular flexibility index (Phi) is 5.21. The molecule has 1 unspecified atom stereocenters. The van der Waals surface area contributed by atoms with E-state index in [2.05, 4.69) is 24.3 Å². The number of fused-ring (bicyclic) bond motifs is 3. The van der Waals surface area contributed by atoms with Crippen molar-refractivity contribution in [3.63, 3.8) is 0 Å². The SMILES string of the molecule is CCOc1ccc(-c2nc3sc4c(c3c(=O)n2N)CC[NH+](Cc2ccccc2)C4)cc1. The van der Waals surface area contributed by atoms with Crippen LogP contribution in [-0.2, 0) is 19.5 Å². The first kappa shape index (κ1) is 19.8. The second-order valence-corrected chi connectivity index (χ2v) is 8.92. The van der Waals surface area contributed by atoms with E-state index >= 15 is 0 Å². The van der Waals surface area contributed by atoms with E-state index in [4.69, 9.17) is 15.6 Å². The lowest BCUT2D eigenvalue weighted by atomic mass is 10.0. The number of thiophene rings is 1. The predicted octanol–water partition coefficient (Wildman–Crippen LogP) is 2.38. The minimum atomic E-state index is -0.169. The highest BCUT2D eigenvalue weighted by Crippen LogP contribution is 2.31. The predicted molar refractivity (Wildman–Crippen MR) is 124 cm³/mol. The smallest absolute Gasteiger partial charge is 0.281 e. The first-order valence-electron chi connectivity index (χ1n) is 10.6. The Labute approximate surface area is 184 Å². The summed E-state index contributed by atoms with van der Waals surface area (Å²) in [4.78, 5) is 21.5. The van der Waals surface area contributed by atoms with E-state index in [0.717, 1.165) is 47.8 Å². The zero-order chi connectivity index (χ0) is 21.4. The van der Waals surface area contributed by atoms with Gasteiger partial charge in [0, 0.05) is 17.5 Å². The molecule has 0 saturated heterocycles. The van der Waals surface area contributed by atoms with Gasteiger partial charge in [-0.15, -0.1) is 11.3 Å². The number of aromatic nitrogens is 2. The molecule has 6 nitrogen and oxygen atoms in total. The van der Waals surface area contributed by atoms with Crippen LogP contribution in [0.5, 0.6) is 5.75 Å². The number of rotatable bonds is 5. The number of nitrogens with one attached hydrogen (secondary N) is 1. The molecule has 1 aliphatic rings. The van der Waals surface area contributed by atoms with Crippen LogP contribution in [0.2, 0.25) is 0 Å². The Morgan fingerprint density at radius 3 is 2.68 bits per heavy atom. The standard InChI is InChI=1S/C24H24N4O2S/c1-2-30-18-10-8-17(9-11-18)22-26-23-21(24(29)28(22)25)19-12-13-27(15-20(19)31-23)14-16-6-4-3-5-7-16/h3-11H,2,12-15,25H2,1H3/p+1. The van der Waals surface area contributed by atoms with Gasteiger partial charge < -0.3 is 15.5 Å². The highest BCUT2D eigenvalue weighted by atomic mass is 32.1. The van der Waals surface area contributed by atoms with E-state index in [1.165, 1.54) is 20.0 Å². The molecule has 0 radical (unpaired) electrons. The minimum absolute atomic E-state index is 0.169. The Morgan fingerprint density at radius 2 is 1.94 bits per heavy atom. The monoisotopic (exact) mass is 433 g/mol. The normalized spacial score (nSPS) is 15.7. The summed E-state index contributed by atoms with van der Waals surface area (Å²) in [5.74, 6) is 7.47. The topological polar surface area (TPSA) is 74.6 Å². The molecule has 0 amide bonds. The molecule has 3 heterocycles. The van der Waals surface area contributed by atoms with E-state index in [1.807, 2.05) is 37.3 Å². The molecular weight excluding hydrogens is 408 g/mol. The summed E-state index contributed by atoms with van der Waals surface area (Å²) in [5, 5.41) is 0.691. The van der Waals surface area contributed by atoms with E-state index in [-0.39, 0.29) is 5.56 Å². The van der Waals surface area contributed by atoms with E-state index in [1.54, 1.807) is 11.3 Å². The molecule has 158 valence electrons. The number of nitrogen functional groups attached to an aromatic ring is 1. The Morgan fingerprint density at radius 1 is 1.16 bits per heavy atom. The summed E-state index contributed by atoms with van der Waals surface area (Å²) in [7, 11) is 0. The number of ether oxygens (including phenoxy) is 1. The van der Waals surface area contributed by atoms with Gasteiger partial charge in [-0.05, 0) is 36.8 Å². The molecule has 0 aliphatic carbocycles. The van der Waals surface area contributed by atoms with Gasteiger partial charge in [0.2, 0.25) is 0 Å². The van der Waals surface area contributed by atoms with Crippen LogP contribution in [0.15, 0.2) is 59.4 Å². The lowest BCUT2D eigenvalue weighted by molar-refractivity contribution is -0.929.